The van der Waals surface area contributed by atoms with Gasteiger partial charge >= 0.3 is 5.97 Å². The topological polar surface area (TPSA) is 115 Å². The van der Waals surface area contributed by atoms with Crippen LogP contribution in [0, 0.1) is 11.6 Å². The van der Waals surface area contributed by atoms with Crippen molar-refractivity contribution in [3.63, 3.8) is 0 Å². The van der Waals surface area contributed by atoms with Crippen LogP contribution >= 0.6 is 0 Å². The Morgan fingerprint density at radius 2 is 1.96 bits per heavy atom. The van der Waals surface area contributed by atoms with Crippen molar-refractivity contribution in [3.8, 4) is 5.75 Å². The summed E-state index contributed by atoms with van der Waals surface area (Å²) in [5, 5.41) is 30.8. The standard InChI is InChI=1S/C17H15F2N3O5/c18-11-13-10(15(23)9(17(25)26)6-22(13)8-1-2-8)16(24)12(19)14(11)21-4-3-7(5-21)20-27/h6,8,24,27H,1-5H2,(H,25,26). The van der Waals surface area contributed by atoms with Gasteiger partial charge in [0, 0.05) is 25.2 Å². The second-order valence-electron chi connectivity index (χ2n) is 6.70. The van der Waals surface area contributed by atoms with Crippen molar-refractivity contribution in [1.82, 2.24) is 4.57 Å². The molecule has 4 rings (SSSR count). The molecule has 0 amide bonds. The van der Waals surface area contributed by atoms with Crippen molar-refractivity contribution in [1.29, 1.82) is 0 Å². The van der Waals surface area contributed by atoms with E-state index in [4.69, 9.17) is 5.21 Å². The van der Waals surface area contributed by atoms with Crippen molar-refractivity contribution >= 4 is 28.3 Å². The smallest absolute Gasteiger partial charge is 0.341 e. The molecule has 142 valence electrons. The summed E-state index contributed by atoms with van der Waals surface area (Å²) in [4.78, 5) is 25.1. The number of hydrogen-bond donors (Lipinski definition) is 3. The van der Waals surface area contributed by atoms with Crippen LogP contribution in [0.25, 0.3) is 10.9 Å². The Balaban J connectivity index is 2.07. The molecule has 1 aliphatic carbocycles. The number of phenols is 1. The fraction of sp³-hybridized carbons (Fsp3) is 0.353. The number of aromatic nitrogens is 1. The van der Waals surface area contributed by atoms with Gasteiger partial charge in [-0.05, 0) is 12.8 Å². The summed E-state index contributed by atoms with van der Waals surface area (Å²) in [6.45, 7) is 0.134. The Bertz CT molecular complexity index is 1070. The van der Waals surface area contributed by atoms with Gasteiger partial charge in [-0.1, -0.05) is 5.16 Å². The molecule has 27 heavy (non-hydrogen) atoms. The lowest BCUT2D eigenvalue weighted by atomic mass is 10.1. The summed E-state index contributed by atoms with van der Waals surface area (Å²) in [5.74, 6) is -5.02. The maximum atomic E-state index is 15.4. The van der Waals surface area contributed by atoms with Crippen molar-refractivity contribution in [2.24, 2.45) is 5.16 Å². The number of carboxylic acids is 1. The zero-order valence-electron chi connectivity index (χ0n) is 13.9. The van der Waals surface area contributed by atoms with Crippen molar-refractivity contribution in [3.05, 3.63) is 33.6 Å². The zero-order chi connectivity index (χ0) is 19.5. The maximum absolute atomic E-state index is 15.4. The van der Waals surface area contributed by atoms with Gasteiger partial charge in [0.15, 0.2) is 17.4 Å². The lowest BCUT2D eigenvalue weighted by molar-refractivity contribution is 0.0695. The number of hydrogen-bond acceptors (Lipinski definition) is 6. The number of pyridine rings is 1. The molecule has 1 aromatic carbocycles. The van der Waals surface area contributed by atoms with Gasteiger partial charge in [-0.3, -0.25) is 4.79 Å². The fourth-order valence-corrected chi connectivity index (χ4v) is 3.49. The summed E-state index contributed by atoms with van der Waals surface area (Å²) < 4.78 is 31.4. The number of fused-ring (bicyclic) bond motifs is 1. The van der Waals surface area contributed by atoms with E-state index in [2.05, 4.69) is 5.16 Å². The van der Waals surface area contributed by atoms with Crippen LogP contribution in [0.3, 0.4) is 0 Å². The third kappa shape index (κ3) is 2.51. The summed E-state index contributed by atoms with van der Waals surface area (Å²) in [5.41, 5.74) is -2.33. The molecule has 10 heteroatoms. The zero-order valence-corrected chi connectivity index (χ0v) is 13.9. The third-order valence-corrected chi connectivity index (χ3v) is 4.98. The van der Waals surface area contributed by atoms with Crippen LogP contribution in [0.4, 0.5) is 14.5 Å². The summed E-state index contributed by atoms with van der Waals surface area (Å²) in [7, 11) is 0. The monoisotopic (exact) mass is 379 g/mol. The number of carbonyl (C=O) groups is 1. The molecule has 8 nitrogen and oxygen atoms in total. The highest BCUT2D eigenvalue weighted by atomic mass is 19.1. The Morgan fingerprint density at radius 1 is 1.26 bits per heavy atom. The minimum absolute atomic E-state index is 0.0316. The Kier molecular flexibility index (Phi) is 3.79. The third-order valence-electron chi connectivity index (χ3n) is 4.98. The first-order valence-electron chi connectivity index (χ1n) is 8.32. The molecule has 0 unspecified atom stereocenters. The number of aromatic carboxylic acids is 1. The van der Waals surface area contributed by atoms with E-state index in [0.717, 1.165) is 6.20 Å². The number of rotatable bonds is 3. The molecule has 1 saturated heterocycles. The van der Waals surface area contributed by atoms with E-state index in [1.54, 1.807) is 0 Å². The lowest BCUT2D eigenvalue weighted by Crippen LogP contribution is -2.25. The molecular formula is C17H15F2N3O5. The number of benzene rings is 1. The lowest BCUT2D eigenvalue weighted by Gasteiger charge is -2.22. The molecule has 1 aromatic heterocycles. The minimum atomic E-state index is -1.54. The van der Waals surface area contributed by atoms with Crippen LogP contribution in [-0.2, 0) is 0 Å². The van der Waals surface area contributed by atoms with Gasteiger partial charge in [0.1, 0.15) is 11.3 Å². The minimum Gasteiger partial charge on any atom is -0.504 e. The number of halogens is 2. The van der Waals surface area contributed by atoms with E-state index in [1.165, 1.54) is 9.47 Å². The van der Waals surface area contributed by atoms with E-state index in [0.29, 0.717) is 25.0 Å². The molecule has 2 fully saturated rings. The molecule has 1 saturated carbocycles. The first kappa shape index (κ1) is 17.3. The van der Waals surface area contributed by atoms with Gasteiger partial charge in [-0.2, -0.15) is 0 Å². The Hall–Kier alpha value is -3.17. The quantitative estimate of drug-likeness (QED) is 0.555. The summed E-state index contributed by atoms with van der Waals surface area (Å²) >= 11 is 0. The van der Waals surface area contributed by atoms with Crippen molar-refractivity contribution in [2.45, 2.75) is 25.3 Å². The molecule has 3 N–H and O–H groups in total. The van der Waals surface area contributed by atoms with Crippen molar-refractivity contribution in [2.75, 3.05) is 18.0 Å². The Labute approximate surface area is 150 Å². The van der Waals surface area contributed by atoms with Crippen LogP contribution in [-0.4, -0.2) is 44.8 Å². The van der Waals surface area contributed by atoms with Gasteiger partial charge in [-0.25, -0.2) is 13.6 Å². The number of oxime groups is 1. The predicted molar refractivity (Wildman–Crippen MR) is 91.1 cm³/mol. The molecule has 0 atom stereocenters. The van der Waals surface area contributed by atoms with Crippen LogP contribution in [0.5, 0.6) is 5.75 Å². The SMILES string of the molecule is O=C(O)c1cn(C2CC2)c2c(F)c(N3CCC(=NO)C3)c(F)c(O)c2c1=O. The van der Waals surface area contributed by atoms with Gasteiger partial charge in [0.2, 0.25) is 5.43 Å². The van der Waals surface area contributed by atoms with E-state index in [1.807, 2.05) is 0 Å². The summed E-state index contributed by atoms with van der Waals surface area (Å²) in [6.07, 6.45) is 2.63. The van der Waals surface area contributed by atoms with Gasteiger partial charge < -0.3 is 24.9 Å². The fourth-order valence-electron chi connectivity index (χ4n) is 3.49. The molecule has 0 bridgehead atoms. The van der Waals surface area contributed by atoms with Crippen LogP contribution < -0.4 is 10.3 Å². The van der Waals surface area contributed by atoms with E-state index >= 15 is 4.39 Å². The number of nitrogens with zero attached hydrogens (tertiary/aromatic N) is 3. The highest BCUT2D eigenvalue weighted by Gasteiger charge is 2.34. The highest BCUT2D eigenvalue weighted by Crippen LogP contribution is 2.43. The maximum Gasteiger partial charge on any atom is 0.341 e. The summed E-state index contributed by atoms with van der Waals surface area (Å²) in [6, 6.07) is -0.230. The molecule has 1 aliphatic heterocycles. The molecule has 2 heterocycles. The van der Waals surface area contributed by atoms with E-state index in [9.17, 15) is 24.2 Å². The van der Waals surface area contributed by atoms with Crippen LogP contribution in [0.2, 0.25) is 0 Å². The second-order valence-corrected chi connectivity index (χ2v) is 6.70. The molecular weight excluding hydrogens is 364 g/mol. The first-order valence-corrected chi connectivity index (χ1v) is 8.32. The van der Waals surface area contributed by atoms with E-state index < -0.39 is 45.4 Å². The van der Waals surface area contributed by atoms with Gasteiger partial charge in [0.05, 0.1) is 23.2 Å². The normalized spacial score (nSPS) is 18.6. The number of anilines is 1. The number of carboxylic acid groups (broad SMARTS) is 1. The molecule has 2 aromatic rings. The van der Waals surface area contributed by atoms with Gasteiger partial charge in [-0.15, -0.1) is 0 Å². The molecule has 0 radical (unpaired) electrons. The first-order chi connectivity index (χ1) is 12.8. The number of aromatic hydroxyl groups is 1. The average Bonchev–Trinajstić information content (AvgIpc) is 3.37. The van der Waals surface area contributed by atoms with Crippen LogP contribution in [0.15, 0.2) is 16.1 Å². The average molecular weight is 379 g/mol. The predicted octanol–water partition coefficient (Wildman–Crippen LogP) is 2.06. The largest absolute Gasteiger partial charge is 0.504 e. The van der Waals surface area contributed by atoms with Crippen molar-refractivity contribution < 1.29 is 29.0 Å². The second kappa shape index (κ2) is 5.93. The molecule has 2 aliphatic rings. The van der Waals surface area contributed by atoms with E-state index in [-0.39, 0.29) is 24.6 Å². The molecule has 0 spiro atoms. The highest BCUT2D eigenvalue weighted by molar-refractivity contribution is 5.98. The number of phenolic OH excluding ortho intramolecular Hbond substituents is 1. The Morgan fingerprint density at radius 3 is 2.52 bits per heavy atom. The van der Waals surface area contributed by atoms with Crippen LogP contribution in [0.1, 0.15) is 35.7 Å². The van der Waals surface area contributed by atoms with Gasteiger partial charge in [0.25, 0.3) is 0 Å².